The number of non-ortho nitro benzene ring substituents is 1. The molecule has 0 atom stereocenters. The average molecular weight is 468 g/mol. The van der Waals surface area contributed by atoms with Crippen LogP contribution in [0.5, 0.6) is 0 Å². The van der Waals surface area contributed by atoms with Gasteiger partial charge in [-0.05, 0) is 60.2 Å². The van der Waals surface area contributed by atoms with Crippen LogP contribution in [-0.2, 0) is 25.6 Å². The number of hydrogen-bond acceptors (Lipinski definition) is 6. The monoisotopic (exact) mass is 468 g/mol. The Morgan fingerprint density at radius 2 is 1.32 bits per heavy atom. The maximum atomic E-state index is 13.1. The van der Waals surface area contributed by atoms with Crippen molar-refractivity contribution in [3.8, 4) is 0 Å². The van der Waals surface area contributed by atoms with Crippen LogP contribution in [0.4, 0.5) is 20.2 Å². The fraction of sp³-hybridized carbons (Fsp3) is 0.0526. The van der Waals surface area contributed by atoms with Gasteiger partial charge in [0.05, 0.1) is 26.2 Å². The number of sulfonamides is 1. The molecule has 0 saturated carbocycles. The van der Waals surface area contributed by atoms with Gasteiger partial charge in [-0.3, -0.25) is 14.8 Å². The van der Waals surface area contributed by atoms with E-state index in [9.17, 15) is 35.7 Å². The van der Waals surface area contributed by atoms with E-state index in [1.165, 1.54) is 0 Å². The van der Waals surface area contributed by atoms with Crippen molar-refractivity contribution in [2.75, 3.05) is 4.72 Å². The minimum Gasteiger partial charge on any atom is -0.279 e. The summed E-state index contributed by atoms with van der Waals surface area (Å²) in [7, 11) is -8.34. The van der Waals surface area contributed by atoms with E-state index in [2.05, 4.69) is 4.72 Å². The zero-order valence-electron chi connectivity index (χ0n) is 15.5. The second-order valence-electron chi connectivity index (χ2n) is 6.37. The summed E-state index contributed by atoms with van der Waals surface area (Å²) in [5.74, 6) is -2.09. The molecule has 162 valence electrons. The van der Waals surface area contributed by atoms with E-state index in [4.69, 9.17) is 0 Å². The molecule has 0 heterocycles. The Kier molecular flexibility index (Phi) is 6.04. The van der Waals surface area contributed by atoms with Crippen molar-refractivity contribution in [1.82, 2.24) is 0 Å². The zero-order chi connectivity index (χ0) is 22.8. The fourth-order valence-corrected chi connectivity index (χ4v) is 5.13. The molecule has 3 aromatic carbocycles. The second-order valence-corrected chi connectivity index (χ2v) is 10.0. The molecule has 0 radical (unpaired) electrons. The van der Waals surface area contributed by atoms with Crippen LogP contribution in [0.2, 0.25) is 0 Å². The Hall–Kier alpha value is -3.38. The minimum absolute atomic E-state index is 0.191. The van der Waals surface area contributed by atoms with Crippen molar-refractivity contribution in [3.05, 3.63) is 94.0 Å². The number of nitrogens with one attached hydrogen (secondary N) is 1. The van der Waals surface area contributed by atoms with Crippen molar-refractivity contribution >= 4 is 31.2 Å². The van der Waals surface area contributed by atoms with E-state index in [1.807, 2.05) is 0 Å². The molecule has 0 aliphatic carbocycles. The van der Waals surface area contributed by atoms with Crippen LogP contribution in [0, 0.1) is 21.7 Å². The largest absolute Gasteiger partial charge is 0.279 e. The first-order chi connectivity index (χ1) is 14.5. The molecule has 0 amide bonds. The molecule has 1 N–H and O–H groups in total. The van der Waals surface area contributed by atoms with Gasteiger partial charge in [-0.1, -0.05) is 0 Å². The SMILES string of the molecule is O=[N+]([O-])c1ccc(NS(=O)(=O)c2ccc(F)cc2)c(CS(=O)(=O)c2ccc(F)cc2)c1. The lowest BCUT2D eigenvalue weighted by atomic mass is 10.2. The van der Waals surface area contributed by atoms with Gasteiger partial charge in [-0.15, -0.1) is 0 Å². The third-order valence-corrected chi connectivity index (χ3v) is 7.25. The van der Waals surface area contributed by atoms with Crippen molar-refractivity contribution in [1.29, 1.82) is 0 Å². The lowest BCUT2D eigenvalue weighted by molar-refractivity contribution is -0.384. The standard InChI is InChI=1S/C19H14F2N2O6S2/c20-14-1-6-17(7-2-14)30(26,27)12-13-11-16(23(24)25)5-10-19(13)22-31(28,29)18-8-3-15(21)4-9-18/h1-11,22H,12H2. The molecule has 0 saturated heterocycles. The van der Waals surface area contributed by atoms with Crippen molar-refractivity contribution in [2.45, 2.75) is 15.5 Å². The van der Waals surface area contributed by atoms with Crippen molar-refractivity contribution < 1.29 is 30.5 Å². The van der Waals surface area contributed by atoms with E-state index < -0.39 is 47.9 Å². The van der Waals surface area contributed by atoms with Crippen LogP contribution in [-0.4, -0.2) is 21.8 Å². The summed E-state index contributed by atoms with van der Waals surface area (Å²) in [5, 5.41) is 11.1. The number of anilines is 1. The van der Waals surface area contributed by atoms with Crippen LogP contribution < -0.4 is 4.72 Å². The fourth-order valence-electron chi connectivity index (χ4n) is 2.66. The summed E-state index contributed by atoms with van der Waals surface area (Å²) < 4.78 is 79.0. The van der Waals surface area contributed by atoms with Crippen molar-refractivity contribution in [2.24, 2.45) is 0 Å². The molecule has 0 spiro atoms. The van der Waals surface area contributed by atoms with E-state index in [0.717, 1.165) is 66.7 Å². The van der Waals surface area contributed by atoms with E-state index >= 15 is 0 Å². The highest BCUT2D eigenvalue weighted by molar-refractivity contribution is 7.92. The van der Waals surface area contributed by atoms with E-state index in [1.54, 1.807) is 0 Å². The predicted molar refractivity (Wildman–Crippen MR) is 108 cm³/mol. The molecule has 0 unspecified atom stereocenters. The Morgan fingerprint density at radius 3 is 1.84 bits per heavy atom. The predicted octanol–water partition coefficient (Wildman–Crippen LogP) is 3.65. The normalized spacial score (nSPS) is 11.8. The van der Waals surface area contributed by atoms with Gasteiger partial charge < -0.3 is 0 Å². The Balaban J connectivity index is 2.02. The summed E-state index contributed by atoms with van der Waals surface area (Å²) in [6.45, 7) is 0. The summed E-state index contributed by atoms with van der Waals surface area (Å²) in [5.41, 5.74) is -0.848. The van der Waals surface area contributed by atoms with Gasteiger partial charge >= 0.3 is 0 Å². The van der Waals surface area contributed by atoms with Crippen LogP contribution in [0.3, 0.4) is 0 Å². The summed E-state index contributed by atoms with van der Waals surface area (Å²) in [6, 6.07) is 10.9. The average Bonchev–Trinajstić information content (AvgIpc) is 2.69. The quantitative estimate of drug-likeness (QED) is 0.321. The number of hydrogen-bond donors (Lipinski definition) is 1. The molecular formula is C19H14F2N2O6S2. The Labute approximate surface area is 176 Å². The van der Waals surface area contributed by atoms with Gasteiger partial charge in [0.1, 0.15) is 11.6 Å². The first kappa shape index (κ1) is 22.3. The number of nitro groups is 1. The van der Waals surface area contributed by atoms with Crippen molar-refractivity contribution in [3.63, 3.8) is 0 Å². The first-order valence-electron chi connectivity index (χ1n) is 8.52. The molecule has 3 rings (SSSR count). The number of nitro benzene ring substituents is 1. The first-order valence-corrected chi connectivity index (χ1v) is 11.7. The molecule has 0 aliphatic heterocycles. The number of benzene rings is 3. The van der Waals surface area contributed by atoms with Gasteiger partial charge in [0, 0.05) is 12.1 Å². The van der Waals surface area contributed by atoms with Crippen LogP contribution in [0.25, 0.3) is 0 Å². The Morgan fingerprint density at radius 1 is 0.806 bits per heavy atom. The highest BCUT2D eigenvalue weighted by atomic mass is 32.2. The van der Waals surface area contributed by atoms with E-state index in [0.29, 0.717) is 0 Å². The number of sulfone groups is 1. The minimum atomic E-state index is -4.24. The molecule has 0 aliphatic rings. The molecule has 0 aromatic heterocycles. The summed E-state index contributed by atoms with van der Waals surface area (Å²) in [4.78, 5) is 9.82. The molecule has 12 heteroatoms. The van der Waals surface area contributed by atoms with Crippen LogP contribution in [0.1, 0.15) is 5.56 Å². The topological polar surface area (TPSA) is 123 Å². The number of rotatable bonds is 7. The molecule has 0 bridgehead atoms. The van der Waals surface area contributed by atoms with E-state index in [-0.39, 0.29) is 21.0 Å². The van der Waals surface area contributed by atoms with Gasteiger partial charge in [0.2, 0.25) is 0 Å². The molecule has 8 nitrogen and oxygen atoms in total. The molecular weight excluding hydrogens is 454 g/mol. The Bertz CT molecular complexity index is 1340. The van der Waals surface area contributed by atoms with Gasteiger partial charge in [-0.2, -0.15) is 0 Å². The highest BCUT2D eigenvalue weighted by Gasteiger charge is 2.23. The molecule has 3 aromatic rings. The molecule has 0 fully saturated rings. The smallest absolute Gasteiger partial charge is 0.269 e. The van der Waals surface area contributed by atoms with Crippen LogP contribution >= 0.6 is 0 Å². The van der Waals surface area contributed by atoms with Gasteiger partial charge in [0.25, 0.3) is 15.7 Å². The maximum absolute atomic E-state index is 13.1. The number of halogens is 2. The maximum Gasteiger partial charge on any atom is 0.269 e. The van der Waals surface area contributed by atoms with Gasteiger partial charge in [-0.25, -0.2) is 25.6 Å². The third-order valence-electron chi connectivity index (χ3n) is 4.19. The lowest BCUT2D eigenvalue weighted by Gasteiger charge is -2.13. The third kappa shape index (κ3) is 5.22. The zero-order valence-corrected chi connectivity index (χ0v) is 17.2. The highest BCUT2D eigenvalue weighted by Crippen LogP contribution is 2.28. The molecule has 31 heavy (non-hydrogen) atoms. The number of nitrogens with zero attached hydrogens (tertiary/aromatic N) is 1. The summed E-state index contributed by atoms with van der Waals surface area (Å²) in [6.07, 6.45) is 0. The van der Waals surface area contributed by atoms with Crippen LogP contribution in [0.15, 0.2) is 76.5 Å². The van der Waals surface area contributed by atoms with Gasteiger partial charge in [0.15, 0.2) is 9.84 Å². The summed E-state index contributed by atoms with van der Waals surface area (Å²) >= 11 is 0. The second kappa shape index (κ2) is 8.40. The lowest BCUT2D eigenvalue weighted by Crippen LogP contribution is -2.16.